The molecule has 0 saturated carbocycles. The van der Waals surface area contributed by atoms with E-state index in [4.69, 9.17) is 15.7 Å². The smallest absolute Gasteiger partial charge is 0.347 e. The van der Waals surface area contributed by atoms with Crippen molar-refractivity contribution in [2.24, 2.45) is 12.2 Å². The van der Waals surface area contributed by atoms with Crippen molar-refractivity contribution in [1.29, 1.82) is 0 Å². The van der Waals surface area contributed by atoms with E-state index in [1.165, 1.54) is 35.8 Å². The molecule has 0 aliphatic carbocycles. The number of hydrogen-bond acceptors (Lipinski definition) is 12. The summed E-state index contributed by atoms with van der Waals surface area (Å²) in [6.07, 6.45) is 2.40. The van der Waals surface area contributed by atoms with Crippen LogP contribution in [0.25, 0.3) is 0 Å². The van der Waals surface area contributed by atoms with Gasteiger partial charge in [0.1, 0.15) is 24.2 Å². The molecule has 1 fully saturated rings. The fourth-order valence-electron chi connectivity index (χ4n) is 3.52. The number of pyridine rings is 1. The first kappa shape index (κ1) is 27.4. The Morgan fingerprint density at radius 1 is 1.42 bits per heavy atom. The zero-order valence-corrected chi connectivity index (χ0v) is 22.5. The highest BCUT2D eigenvalue weighted by Gasteiger charge is 2.53. The third-order valence-corrected chi connectivity index (χ3v) is 8.63. The zero-order valence-electron chi connectivity index (χ0n) is 20.0. The van der Waals surface area contributed by atoms with Crippen molar-refractivity contribution in [1.82, 2.24) is 15.2 Å². The fraction of sp³-hybridized carbons (Fsp3) is 0.318. The number of nitrogens with zero attached hydrogens (tertiary/aromatic N) is 4. The summed E-state index contributed by atoms with van der Waals surface area (Å²) >= 11 is 3.78. The Morgan fingerprint density at radius 2 is 2.13 bits per heavy atom. The first-order valence-corrected chi connectivity index (χ1v) is 13.9. The molecule has 2 aliphatic heterocycles. The number of thiazole rings is 1. The molecule has 4 heterocycles. The number of carboxylic acid groups (broad SMARTS) is 2. The molecule has 1 saturated heterocycles. The SMILES string of the molecule is C[C@H](O/N=C(\C(=O)N[C@@H]1C(=O)N2C(C(=O)[O-])=C(CSc3cc[n+](C)cc3)CS[C@H]12)c1csc(N)n1)C(=O)O. The number of oxime groups is 1. The summed E-state index contributed by atoms with van der Waals surface area (Å²) in [7, 11) is 1.89. The topological polar surface area (TPSA) is 191 Å². The molecule has 0 spiro atoms. The molecule has 2 aromatic heterocycles. The number of aliphatic carboxylic acids is 2. The maximum Gasteiger partial charge on any atom is 0.347 e. The van der Waals surface area contributed by atoms with Crippen molar-refractivity contribution in [3.05, 3.63) is 46.9 Å². The molecule has 0 bridgehead atoms. The average molecular weight is 579 g/mol. The highest BCUT2D eigenvalue weighted by molar-refractivity contribution is 8.01. The molecule has 3 atom stereocenters. The third kappa shape index (κ3) is 5.76. The Bertz CT molecular complexity index is 1340. The molecule has 2 aromatic rings. The van der Waals surface area contributed by atoms with Gasteiger partial charge in [-0.25, -0.2) is 14.3 Å². The molecule has 0 unspecified atom stereocenters. The van der Waals surface area contributed by atoms with E-state index in [1.54, 1.807) is 0 Å². The number of carboxylic acids is 2. The molecule has 38 heavy (non-hydrogen) atoms. The number of nitrogens with one attached hydrogen (secondary N) is 1. The molecule has 2 amide bonds. The number of thioether (sulfide) groups is 2. The van der Waals surface area contributed by atoms with Crippen LogP contribution in [0.1, 0.15) is 12.6 Å². The van der Waals surface area contributed by atoms with Gasteiger partial charge < -0.3 is 30.9 Å². The van der Waals surface area contributed by atoms with Gasteiger partial charge >= 0.3 is 5.97 Å². The van der Waals surface area contributed by atoms with E-state index in [0.29, 0.717) is 17.1 Å². The lowest BCUT2D eigenvalue weighted by atomic mass is 10.0. The van der Waals surface area contributed by atoms with Crippen LogP contribution in [-0.2, 0) is 31.1 Å². The Balaban J connectivity index is 1.50. The quantitative estimate of drug-likeness (QED) is 0.102. The molecule has 16 heteroatoms. The van der Waals surface area contributed by atoms with E-state index < -0.39 is 41.3 Å². The minimum Gasteiger partial charge on any atom is -0.543 e. The molecular weight excluding hydrogens is 556 g/mol. The molecule has 200 valence electrons. The predicted molar refractivity (Wildman–Crippen MR) is 137 cm³/mol. The van der Waals surface area contributed by atoms with Gasteiger partial charge in [-0.1, -0.05) is 5.16 Å². The molecule has 4 N–H and O–H groups in total. The van der Waals surface area contributed by atoms with Crippen LogP contribution in [0.5, 0.6) is 0 Å². The van der Waals surface area contributed by atoms with E-state index in [2.05, 4.69) is 15.5 Å². The number of carbonyl (C=O) groups is 4. The van der Waals surface area contributed by atoms with Crippen LogP contribution in [-0.4, -0.2) is 73.5 Å². The standard InChI is InChI=1S/C22H22N6O7S3/c1-10(20(31)32)35-26-14(13-9-38-22(23)24-13)17(29)25-15-18(30)28-16(21(33)34)11(8-37-19(15)28)7-36-12-3-5-27(2)6-4-12/h3-6,9-10,15,19H,7-8H2,1-2H3,(H4-,23,24,25,29,31,32,33,34)/b26-14-/t10-,15+,19+/m0/s1. The molecule has 0 aromatic carbocycles. The fourth-order valence-corrected chi connectivity index (χ4v) is 6.44. The van der Waals surface area contributed by atoms with E-state index >= 15 is 0 Å². The van der Waals surface area contributed by atoms with E-state index in [1.807, 2.05) is 36.1 Å². The number of nitrogens with two attached hydrogens (primary N) is 1. The second kappa shape index (κ2) is 11.4. The van der Waals surface area contributed by atoms with Gasteiger partial charge in [0.2, 0.25) is 6.10 Å². The van der Waals surface area contributed by atoms with Gasteiger partial charge in [0.25, 0.3) is 11.8 Å². The van der Waals surface area contributed by atoms with Crippen LogP contribution in [0.15, 0.2) is 51.2 Å². The Kier molecular flexibility index (Phi) is 8.23. The van der Waals surface area contributed by atoms with Crippen LogP contribution in [0.3, 0.4) is 0 Å². The number of amides is 2. The monoisotopic (exact) mass is 578 g/mol. The minimum absolute atomic E-state index is 0.0339. The van der Waals surface area contributed by atoms with Crippen LogP contribution >= 0.6 is 34.9 Å². The van der Waals surface area contributed by atoms with E-state index in [9.17, 15) is 24.3 Å². The van der Waals surface area contributed by atoms with Crippen molar-refractivity contribution in [3.8, 4) is 0 Å². The van der Waals surface area contributed by atoms with Crippen molar-refractivity contribution in [3.63, 3.8) is 0 Å². The van der Waals surface area contributed by atoms with Gasteiger partial charge in [0.15, 0.2) is 23.2 Å². The first-order chi connectivity index (χ1) is 18.1. The van der Waals surface area contributed by atoms with Gasteiger partial charge in [0.05, 0.1) is 11.7 Å². The second-order valence-electron chi connectivity index (χ2n) is 8.19. The van der Waals surface area contributed by atoms with Crippen LogP contribution < -0.4 is 20.7 Å². The lowest BCUT2D eigenvalue weighted by molar-refractivity contribution is -0.671. The summed E-state index contributed by atoms with van der Waals surface area (Å²) in [6, 6.07) is 2.75. The van der Waals surface area contributed by atoms with Crippen LogP contribution in [0.2, 0.25) is 0 Å². The number of hydrogen-bond donors (Lipinski definition) is 3. The van der Waals surface area contributed by atoms with Crippen molar-refractivity contribution < 1.29 is 38.8 Å². The summed E-state index contributed by atoms with van der Waals surface area (Å²) in [4.78, 5) is 60.1. The van der Waals surface area contributed by atoms with Gasteiger partial charge in [0, 0.05) is 33.9 Å². The molecule has 13 nitrogen and oxygen atoms in total. The minimum atomic E-state index is -1.47. The molecule has 0 radical (unpaired) electrons. The second-order valence-corrected chi connectivity index (χ2v) is 11.2. The highest BCUT2D eigenvalue weighted by Crippen LogP contribution is 2.41. The molecule has 4 rings (SSSR count). The number of nitrogen functional groups attached to an aromatic ring is 1. The number of aromatic nitrogens is 2. The van der Waals surface area contributed by atoms with Crippen LogP contribution in [0, 0.1) is 0 Å². The Labute approximate surface area is 228 Å². The molecular formula is C22H22N6O7S3. The summed E-state index contributed by atoms with van der Waals surface area (Å²) in [5.41, 5.74) is 5.65. The van der Waals surface area contributed by atoms with Crippen molar-refractivity contribution >= 4 is 69.5 Å². The summed E-state index contributed by atoms with van der Waals surface area (Å²) in [6.45, 7) is 1.23. The zero-order chi connectivity index (χ0) is 27.6. The van der Waals surface area contributed by atoms with Gasteiger partial charge in [-0.3, -0.25) is 14.5 Å². The van der Waals surface area contributed by atoms with E-state index in [-0.39, 0.29) is 22.2 Å². The first-order valence-electron chi connectivity index (χ1n) is 11.0. The third-order valence-electron chi connectivity index (χ3n) is 5.52. The maximum absolute atomic E-state index is 13.1. The van der Waals surface area contributed by atoms with E-state index in [0.717, 1.165) is 21.1 Å². The number of anilines is 1. The van der Waals surface area contributed by atoms with Crippen molar-refractivity contribution in [2.45, 2.75) is 29.3 Å². The highest BCUT2D eigenvalue weighted by atomic mass is 32.2. The number of carbonyl (C=O) groups excluding carboxylic acids is 3. The Morgan fingerprint density at radius 3 is 2.74 bits per heavy atom. The average Bonchev–Trinajstić information content (AvgIpc) is 3.31. The molecule has 2 aliphatic rings. The summed E-state index contributed by atoms with van der Waals surface area (Å²) in [5, 5.41) is 28.1. The normalized spacial score (nSPS) is 19.9. The van der Waals surface area contributed by atoms with Crippen LogP contribution in [0.4, 0.5) is 5.13 Å². The van der Waals surface area contributed by atoms with Gasteiger partial charge in [-0.15, -0.1) is 34.9 Å². The number of rotatable bonds is 10. The Hall–Kier alpha value is -3.63. The lowest BCUT2D eigenvalue weighted by Gasteiger charge is -2.50. The predicted octanol–water partition coefficient (Wildman–Crippen LogP) is -1.06. The summed E-state index contributed by atoms with van der Waals surface area (Å²) in [5.74, 6) is -3.59. The number of fused-ring (bicyclic) bond motifs is 1. The number of β-lactam (4-membered cyclic amide) rings is 1. The largest absolute Gasteiger partial charge is 0.543 e. The maximum atomic E-state index is 13.1. The summed E-state index contributed by atoms with van der Waals surface area (Å²) < 4.78 is 1.88. The number of aryl methyl sites for hydroxylation is 1. The lowest BCUT2D eigenvalue weighted by Crippen LogP contribution is -2.71. The van der Waals surface area contributed by atoms with Crippen molar-refractivity contribution in [2.75, 3.05) is 17.2 Å². The van der Waals surface area contributed by atoms with Gasteiger partial charge in [-0.2, -0.15) is 0 Å². The van der Waals surface area contributed by atoms with Gasteiger partial charge in [-0.05, 0) is 12.5 Å².